The Bertz CT molecular complexity index is 1990. The molecule has 0 unspecified atom stereocenters. The van der Waals surface area contributed by atoms with Gasteiger partial charge in [-0.3, -0.25) is 0 Å². The van der Waals surface area contributed by atoms with Gasteiger partial charge in [0.25, 0.3) is 0 Å². The number of allylic oxidation sites excluding steroid dienone is 12. The molecule has 0 amide bonds. The Hall–Kier alpha value is -5.84. The first-order chi connectivity index (χ1) is 21.8. The Kier molecular flexibility index (Phi) is 7.48. The summed E-state index contributed by atoms with van der Waals surface area (Å²) >= 11 is 0. The first-order valence-electron chi connectivity index (χ1n) is 14.8. The van der Waals surface area contributed by atoms with Crippen molar-refractivity contribution in [3.8, 4) is 24.2 Å². The summed E-state index contributed by atoms with van der Waals surface area (Å²) in [5, 5.41) is 0. The van der Waals surface area contributed by atoms with Crippen molar-refractivity contribution in [3.63, 3.8) is 0 Å². The fraction of sp³-hybridized carbons (Fsp3) is 0.100. The zero-order valence-electron chi connectivity index (χ0n) is 24.2. The van der Waals surface area contributed by atoms with Crippen molar-refractivity contribution in [2.75, 3.05) is 0 Å². The number of nitrogens with zero attached hydrogens (tertiary/aromatic N) is 4. The average molecular weight is 565 g/mol. The number of aliphatic imine (C=N–C) groups is 4. The van der Waals surface area contributed by atoms with Crippen LogP contribution in [-0.2, 0) is 0 Å². The summed E-state index contributed by atoms with van der Waals surface area (Å²) in [6, 6.07) is 20.6. The van der Waals surface area contributed by atoms with Crippen molar-refractivity contribution in [1.29, 1.82) is 0 Å². The predicted octanol–water partition coefficient (Wildman–Crippen LogP) is 8.20. The molecule has 2 aromatic carbocycles. The van der Waals surface area contributed by atoms with Gasteiger partial charge in [0.15, 0.2) is 0 Å². The van der Waals surface area contributed by atoms with E-state index in [1.807, 2.05) is 66.8 Å². The molecule has 0 fully saturated rings. The van der Waals surface area contributed by atoms with Crippen molar-refractivity contribution in [1.82, 2.24) is 0 Å². The third-order valence-electron chi connectivity index (χ3n) is 7.65. The lowest BCUT2D eigenvalue weighted by Gasteiger charge is -2.09. The highest BCUT2D eigenvalue weighted by molar-refractivity contribution is 6.34. The maximum Gasteiger partial charge on any atom is 0.0816 e. The molecule has 0 saturated carbocycles. The highest BCUT2D eigenvalue weighted by Gasteiger charge is 2.24. The molecule has 4 heteroatoms. The number of rotatable bonds is 5. The zero-order valence-corrected chi connectivity index (χ0v) is 24.2. The van der Waals surface area contributed by atoms with E-state index in [2.05, 4.69) is 66.3 Å². The summed E-state index contributed by atoms with van der Waals surface area (Å²) in [5.41, 5.74) is 11.5. The molecule has 2 aromatic rings. The van der Waals surface area contributed by atoms with Gasteiger partial charge in [-0.15, -0.1) is 12.3 Å². The summed E-state index contributed by atoms with van der Waals surface area (Å²) in [6.07, 6.45) is 27.2. The first-order valence-corrected chi connectivity index (χ1v) is 14.8. The van der Waals surface area contributed by atoms with Gasteiger partial charge in [0.2, 0.25) is 0 Å². The number of hydrogen-bond donors (Lipinski definition) is 0. The largest absolute Gasteiger partial charge is 0.248 e. The van der Waals surface area contributed by atoms with Crippen LogP contribution in [0.25, 0.3) is 11.1 Å². The lowest BCUT2D eigenvalue weighted by atomic mass is 9.99. The van der Waals surface area contributed by atoms with Crippen molar-refractivity contribution in [2.24, 2.45) is 20.0 Å². The number of unbranched alkanes of at least 4 members (excludes halogenated alkanes) is 3. The molecule has 0 N–H and O–H groups in total. The summed E-state index contributed by atoms with van der Waals surface area (Å²) in [6.45, 7) is 0. The van der Waals surface area contributed by atoms with Gasteiger partial charge in [-0.1, -0.05) is 72.5 Å². The SMILES string of the molecule is C#CCCCCC#CC1=C2C=CC(=N2)C(c2ccccc2)=C2C=CC(=N2)C=C2C=CC(=N2)C(c2ccccc2)=C2C=CC1=N2. The van der Waals surface area contributed by atoms with E-state index in [9.17, 15) is 0 Å². The molecule has 0 saturated heterocycles. The van der Waals surface area contributed by atoms with Gasteiger partial charge in [0, 0.05) is 24.0 Å². The molecule has 0 spiro atoms. The summed E-state index contributed by atoms with van der Waals surface area (Å²) in [4.78, 5) is 20.3. The molecule has 0 atom stereocenters. The van der Waals surface area contributed by atoms with Crippen molar-refractivity contribution < 1.29 is 0 Å². The van der Waals surface area contributed by atoms with E-state index in [1.165, 1.54) is 0 Å². The van der Waals surface area contributed by atoms with Crippen LogP contribution >= 0.6 is 0 Å². The van der Waals surface area contributed by atoms with Crippen LogP contribution in [0.3, 0.4) is 0 Å². The van der Waals surface area contributed by atoms with Crippen LogP contribution in [0, 0.1) is 24.2 Å². The summed E-state index contributed by atoms with van der Waals surface area (Å²) < 4.78 is 0. The van der Waals surface area contributed by atoms with Crippen LogP contribution in [0.1, 0.15) is 36.8 Å². The van der Waals surface area contributed by atoms with Crippen LogP contribution in [0.4, 0.5) is 0 Å². The van der Waals surface area contributed by atoms with Crippen molar-refractivity contribution in [3.05, 3.63) is 155 Å². The van der Waals surface area contributed by atoms with Gasteiger partial charge in [-0.05, 0) is 78.7 Å². The molecule has 0 aliphatic carbocycles. The third-order valence-corrected chi connectivity index (χ3v) is 7.65. The molecular weight excluding hydrogens is 536 g/mol. The standard InChI is InChI=1S/C40H28N4/c1-2-3-4-5-6-13-18-32-33-23-25-37(43-33)39(28-14-9-7-10-15-28)35-21-19-30(41-35)27-31-20-22-36(42-31)40(29-16-11-8-12-17-29)38-26-24-34(32)44-38/h1,7-12,14-17,19-27H,3-6H2. The molecule has 0 aromatic heterocycles. The maximum atomic E-state index is 5.44. The molecule has 44 heavy (non-hydrogen) atoms. The Morgan fingerprint density at radius 1 is 0.545 bits per heavy atom. The van der Waals surface area contributed by atoms with E-state index in [4.69, 9.17) is 26.4 Å². The summed E-state index contributed by atoms with van der Waals surface area (Å²) in [5.74, 6) is 9.52. The second-order valence-corrected chi connectivity index (χ2v) is 10.7. The van der Waals surface area contributed by atoms with E-state index in [1.54, 1.807) is 0 Å². The lowest BCUT2D eigenvalue weighted by molar-refractivity contribution is 0.783. The topological polar surface area (TPSA) is 49.4 Å². The number of benzene rings is 2. The highest BCUT2D eigenvalue weighted by atomic mass is 14.9. The smallest absolute Gasteiger partial charge is 0.0816 e. The van der Waals surface area contributed by atoms with E-state index < -0.39 is 0 Å². The van der Waals surface area contributed by atoms with E-state index in [0.29, 0.717) is 0 Å². The molecular formula is C40H28N4. The van der Waals surface area contributed by atoms with E-state index in [0.717, 1.165) is 99.2 Å². The molecule has 208 valence electrons. The maximum absolute atomic E-state index is 5.44. The van der Waals surface area contributed by atoms with Gasteiger partial charge in [-0.25, -0.2) is 20.0 Å². The van der Waals surface area contributed by atoms with Crippen LogP contribution < -0.4 is 0 Å². The Labute approximate surface area is 258 Å². The van der Waals surface area contributed by atoms with Crippen LogP contribution in [0.5, 0.6) is 0 Å². The minimum Gasteiger partial charge on any atom is -0.248 e. The monoisotopic (exact) mass is 564 g/mol. The van der Waals surface area contributed by atoms with E-state index in [-0.39, 0.29) is 0 Å². The normalized spacial score (nSPS) is 17.8. The van der Waals surface area contributed by atoms with Gasteiger partial charge >= 0.3 is 0 Å². The quantitative estimate of drug-likeness (QED) is 0.260. The Morgan fingerprint density at radius 3 is 1.89 bits per heavy atom. The second kappa shape index (κ2) is 12.2. The summed E-state index contributed by atoms with van der Waals surface area (Å²) in [7, 11) is 0. The second-order valence-electron chi connectivity index (χ2n) is 10.7. The van der Waals surface area contributed by atoms with Crippen molar-refractivity contribution in [2.45, 2.75) is 25.7 Å². The minimum atomic E-state index is 0.756. The number of fused-ring (bicyclic) bond motifs is 4. The zero-order chi connectivity index (χ0) is 29.7. The Balaban J connectivity index is 1.44. The van der Waals surface area contributed by atoms with Crippen molar-refractivity contribution >= 4 is 34.0 Å². The highest BCUT2D eigenvalue weighted by Crippen LogP contribution is 2.33. The molecule has 5 aliphatic rings. The molecule has 8 bridgehead atoms. The number of terminal acetylenes is 1. The van der Waals surface area contributed by atoms with Gasteiger partial charge < -0.3 is 0 Å². The molecule has 5 heterocycles. The fourth-order valence-corrected chi connectivity index (χ4v) is 5.54. The number of hydrogen-bond acceptors (Lipinski definition) is 4. The Morgan fingerprint density at radius 2 is 1.14 bits per heavy atom. The minimum absolute atomic E-state index is 0.756. The molecule has 0 radical (unpaired) electrons. The first kappa shape index (κ1) is 27.0. The lowest BCUT2D eigenvalue weighted by Crippen LogP contribution is -2.02. The fourth-order valence-electron chi connectivity index (χ4n) is 5.54. The van der Waals surface area contributed by atoms with Crippen LogP contribution in [-0.4, -0.2) is 22.8 Å². The van der Waals surface area contributed by atoms with E-state index >= 15 is 0 Å². The van der Waals surface area contributed by atoms with Crippen LogP contribution in [0.2, 0.25) is 0 Å². The van der Waals surface area contributed by atoms with Gasteiger partial charge in [-0.2, -0.15) is 0 Å². The molecule has 7 rings (SSSR count). The molecule has 4 nitrogen and oxygen atoms in total. The third kappa shape index (κ3) is 5.50. The van der Waals surface area contributed by atoms with Gasteiger partial charge in [0.05, 0.1) is 51.2 Å². The average Bonchev–Trinajstić information content (AvgIpc) is 3.88. The predicted molar refractivity (Wildman–Crippen MR) is 183 cm³/mol. The van der Waals surface area contributed by atoms with Gasteiger partial charge in [0.1, 0.15) is 0 Å². The van der Waals surface area contributed by atoms with Crippen LogP contribution in [0.15, 0.2) is 164 Å². The molecule has 5 aliphatic heterocycles.